The van der Waals surface area contributed by atoms with E-state index in [-0.39, 0.29) is 12.8 Å². The Hall–Kier alpha value is -3.99. The molecule has 42 heavy (non-hydrogen) atoms. The lowest BCUT2D eigenvalue weighted by Crippen LogP contribution is -2.56. The maximum absolute atomic E-state index is 13.7. The SMILES string of the molecule is CC1(C)[C@@]2(C)CC[C@@]1(C(=O)O[C@](C)(CS(=O)(=O)c1ccc(F)cc1)C(=O)Nc1ccc(C#N)c(C(F)(F)F)c1)OC2=O. The van der Waals surface area contributed by atoms with Crippen molar-refractivity contribution < 1.29 is 49.8 Å². The van der Waals surface area contributed by atoms with Crippen molar-refractivity contribution in [1.82, 2.24) is 0 Å². The summed E-state index contributed by atoms with van der Waals surface area (Å²) in [6.45, 7) is 5.78. The van der Waals surface area contributed by atoms with Crippen LogP contribution in [0.4, 0.5) is 23.2 Å². The van der Waals surface area contributed by atoms with Crippen LogP contribution in [0.15, 0.2) is 47.4 Å². The molecule has 14 heteroatoms. The Morgan fingerprint density at radius 2 is 1.71 bits per heavy atom. The Morgan fingerprint density at radius 3 is 2.21 bits per heavy atom. The minimum Gasteiger partial charge on any atom is -0.446 e. The molecule has 2 fully saturated rings. The number of esters is 2. The maximum Gasteiger partial charge on any atom is 0.417 e. The molecular formula is C28H26F4N2O7S. The molecule has 1 saturated heterocycles. The average molecular weight is 611 g/mol. The molecule has 1 heterocycles. The summed E-state index contributed by atoms with van der Waals surface area (Å²) in [5.41, 5.74) is -9.19. The van der Waals surface area contributed by atoms with Crippen molar-refractivity contribution in [2.24, 2.45) is 10.8 Å². The molecule has 9 nitrogen and oxygen atoms in total. The lowest BCUT2D eigenvalue weighted by molar-refractivity contribution is -0.193. The van der Waals surface area contributed by atoms with Gasteiger partial charge in [-0.15, -0.1) is 0 Å². The van der Waals surface area contributed by atoms with E-state index in [0.717, 1.165) is 43.3 Å². The second-order valence-corrected chi connectivity index (χ2v) is 13.3. The Bertz CT molecular complexity index is 1630. The standard InChI is InChI=1S/C28H26F4N2O7S/c1-24(2)25(3)11-12-27(24,41-22(25)36)23(37)40-26(4,15-42(38,39)19-9-6-17(29)7-10-19)21(35)34-18-8-5-16(14-33)20(13-18)28(30,31)32/h5-10,13H,11-12,15H2,1-4H3,(H,34,35)/t25-,26+,27-/m0/s1. The van der Waals surface area contributed by atoms with E-state index in [1.54, 1.807) is 20.8 Å². The summed E-state index contributed by atoms with van der Waals surface area (Å²) < 4.78 is 91.7. The third kappa shape index (κ3) is 4.79. The van der Waals surface area contributed by atoms with Crippen molar-refractivity contribution in [2.75, 3.05) is 11.1 Å². The number of hydrogen-bond donors (Lipinski definition) is 1. The number of fused-ring (bicyclic) bond motifs is 2. The Balaban J connectivity index is 1.74. The topological polar surface area (TPSA) is 140 Å². The summed E-state index contributed by atoms with van der Waals surface area (Å²) in [5.74, 6) is -5.13. The van der Waals surface area contributed by atoms with Gasteiger partial charge in [0.1, 0.15) is 11.6 Å². The fourth-order valence-electron chi connectivity index (χ4n) is 5.44. The Labute approximate surface area is 238 Å². The predicted octanol–water partition coefficient (Wildman–Crippen LogP) is 4.55. The summed E-state index contributed by atoms with van der Waals surface area (Å²) in [4.78, 5) is 39.6. The largest absolute Gasteiger partial charge is 0.446 e. The fraction of sp³-hybridized carbons (Fsp3) is 0.429. The van der Waals surface area contributed by atoms with Crippen LogP contribution < -0.4 is 5.32 Å². The number of sulfone groups is 1. The smallest absolute Gasteiger partial charge is 0.417 e. The van der Waals surface area contributed by atoms with Crippen LogP contribution in [0, 0.1) is 28.0 Å². The van der Waals surface area contributed by atoms with Gasteiger partial charge in [-0.1, -0.05) is 13.8 Å². The van der Waals surface area contributed by atoms with Crippen LogP contribution in [0.25, 0.3) is 0 Å². The third-order valence-corrected chi connectivity index (χ3v) is 10.5. The molecule has 1 N–H and O–H groups in total. The van der Waals surface area contributed by atoms with E-state index in [2.05, 4.69) is 5.32 Å². The van der Waals surface area contributed by atoms with Crippen LogP contribution >= 0.6 is 0 Å². The zero-order valence-corrected chi connectivity index (χ0v) is 23.7. The molecule has 0 unspecified atom stereocenters. The van der Waals surface area contributed by atoms with Gasteiger partial charge in [0.05, 0.1) is 27.5 Å². The van der Waals surface area contributed by atoms with Gasteiger partial charge in [-0.05, 0) is 69.2 Å². The Morgan fingerprint density at radius 1 is 1.10 bits per heavy atom. The maximum atomic E-state index is 13.7. The van der Waals surface area contributed by atoms with Crippen molar-refractivity contribution in [3.8, 4) is 6.07 Å². The summed E-state index contributed by atoms with van der Waals surface area (Å²) in [6, 6.07) is 7.29. The molecule has 1 amide bonds. The lowest BCUT2D eigenvalue weighted by atomic mass is 9.66. The number of nitrogens with zero attached hydrogens (tertiary/aromatic N) is 1. The molecule has 2 bridgehead atoms. The van der Waals surface area contributed by atoms with Gasteiger partial charge in [-0.3, -0.25) is 9.59 Å². The van der Waals surface area contributed by atoms with E-state index in [0.29, 0.717) is 6.07 Å². The highest BCUT2D eigenvalue weighted by Gasteiger charge is 2.77. The molecule has 1 aliphatic heterocycles. The van der Waals surface area contributed by atoms with Gasteiger partial charge in [0.25, 0.3) is 5.91 Å². The highest BCUT2D eigenvalue weighted by molar-refractivity contribution is 7.91. The van der Waals surface area contributed by atoms with E-state index < -0.39 is 89.2 Å². The fourth-order valence-corrected chi connectivity index (χ4v) is 7.07. The van der Waals surface area contributed by atoms with Crippen LogP contribution in [0.1, 0.15) is 51.7 Å². The van der Waals surface area contributed by atoms with E-state index >= 15 is 0 Å². The predicted molar refractivity (Wildman–Crippen MR) is 138 cm³/mol. The molecule has 0 radical (unpaired) electrons. The molecule has 0 aromatic heterocycles. The first kappa shape index (κ1) is 31.0. The number of benzene rings is 2. The van der Waals surface area contributed by atoms with Crippen molar-refractivity contribution in [3.63, 3.8) is 0 Å². The summed E-state index contributed by atoms with van der Waals surface area (Å²) in [7, 11) is -4.49. The molecule has 224 valence electrons. The van der Waals surface area contributed by atoms with Gasteiger partial charge < -0.3 is 14.8 Å². The minimum atomic E-state index is -4.96. The van der Waals surface area contributed by atoms with Gasteiger partial charge in [0.2, 0.25) is 11.2 Å². The number of carbonyl (C=O) groups excluding carboxylic acids is 3. The number of nitrogens with one attached hydrogen (secondary N) is 1. The van der Waals surface area contributed by atoms with E-state index in [9.17, 15) is 40.4 Å². The van der Waals surface area contributed by atoms with E-state index in [1.165, 1.54) is 6.07 Å². The molecular weight excluding hydrogens is 584 g/mol. The van der Waals surface area contributed by atoms with Crippen molar-refractivity contribution in [2.45, 2.75) is 62.8 Å². The molecule has 0 spiro atoms. The van der Waals surface area contributed by atoms with Gasteiger partial charge >= 0.3 is 18.1 Å². The highest BCUT2D eigenvalue weighted by atomic mass is 32.2. The first-order valence-corrected chi connectivity index (χ1v) is 14.3. The number of anilines is 1. The number of hydrogen-bond acceptors (Lipinski definition) is 8. The molecule has 1 aliphatic carbocycles. The quantitative estimate of drug-likeness (QED) is 0.274. The van der Waals surface area contributed by atoms with Gasteiger partial charge in [-0.25, -0.2) is 17.6 Å². The number of nitriles is 1. The second-order valence-electron chi connectivity index (χ2n) is 11.3. The van der Waals surface area contributed by atoms with Crippen molar-refractivity contribution >= 4 is 33.4 Å². The first-order valence-electron chi connectivity index (χ1n) is 12.6. The van der Waals surface area contributed by atoms with Gasteiger partial charge in [0, 0.05) is 11.1 Å². The average Bonchev–Trinajstić information content (AvgIpc) is 3.18. The molecule has 3 atom stereocenters. The van der Waals surface area contributed by atoms with Crippen LogP contribution in [0.3, 0.4) is 0 Å². The summed E-state index contributed by atoms with van der Waals surface area (Å²) >= 11 is 0. The number of carbonyl (C=O) groups is 3. The summed E-state index contributed by atoms with van der Waals surface area (Å²) in [5, 5.41) is 11.2. The van der Waals surface area contributed by atoms with Crippen molar-refractivity contribution in [3.05, 3.63) is 59.4 Å². The summed E-state index contributed by atoms with van der Waals surface area (Å²) in [6.07, 6.45) is -4.69. The van der Waals surface area contributed by atoms with Crippen LogP contribution in [0.2, 0.25) is 0 Å². The zero-order chi connectivity index (χ0) is 31.5. The number of rotatable bonds is 7. The number of alkyl halides is 3. The first-order chi connectivity index (χ1) is 19.2. The number of amides is 1. The molecule has 2 aromatic rings. The monoisotopic (exact) mass is 610 g/mol. The lowest BCUT2D eigenvalue weighted by Gasteiger charge is -2.37. The highest BCUT2D eigenvalue weighted by Crippen LogP contribution is 2.66. The van der Waals surface area contributed by atoms with Gasteiger partial charge in [-0.2, -0.15) is 18.4 Å². The molecule has 2 aliphatic rings. The minimum absolute atomic E-state index is 0.0219. The van der Waals surface area contributed by atoms with E-state index in [4.69, 9.17) is 14.7 Å². The van der Waals surface area contributed by atoms with Crippen LogP contribution in [-0.4, -0.2) is 43.2 Å². The van der Waals surface area contributed by atoms with Crippen molar-refractivity contribution in [1.29, 1.82) is 5.26 Å². The molecule has 4 rings (SSSR count). The Kier molecular flexibility index (Phi) is 7.22. The number of ether oxygens (including phenoxy) is 2. The third-order valence-electron chi connectivity index (χ3n) is 8.55. The van der Waals surface area contributed by atoms with Crippen LogP contribution in [0.5, 0.6) is 0 Å². The molecule has 2 aromatic carbocycles. The number of halogens is 4. The normalized spacial score (nSPS) is 24.3. The van der Waals surface area contributed by atoms with Gasteiger partial charge in [0.15, 0.2) is 9.84 Å². The van der Waals surface area contributed by atoms with Crippen LogP contribution in [-0.2, 0) is 39.9 Å². The van der Waals surface area contributed by atoms with E-state index in [1.807, 2.05) is 0 Å². The molecule has 1 saturated carbocycles. The second kappa shape index (κ2) is 9.79. The zero-order valence-electron chi connectivity index (χ0n) is 22.9.